The lowest BCUT2D eigenvalue weighted by Crippen LogP contribution is -2.52. The molecule has 0 aromatic heterocycles. The maximum Gasteiger partial charge on any atom is 0.248 e. The zero-order valence-corrected chi connectivity index (χ0v) is 11.6. The van der Waals surface area contributed by atoms with Crippen molar-refractivity contribution in [2.24, 2.45) is 0 Å². The third-order valence-corrected chi connectivity index (χ3v) is 3.81. The Balaban J connectivity index is 1.71. The minimum Gasteiger partial charge on any atom is -0.375 e. The van der Waals surface area contributed by atoms with Gasteiger partial charge in [0.25, 0.3) is 0 Å². The van der Waals surface area contributed by atoms with Crippen molar-refractivity contribution < 1.29 is 14.3 Å². The molecule has 2 aliphatic rings. The van der Waals surface area contributed by atoms with Gasteiger partial charge in [0.1, 0.15) is 6.61 Å². The molecule has 2 saturated heterocycles. The van der Waals surface area contributed by atoms with E-state index >= 15 is 0 Å². The van der Waals surface area contributed by atoms with E-state index in [9.17, 15) is 9.59 Å². The molecular weight excluding hydrogens is 246 g/mol. The summed E-state index contributed by atoms with van der Waals surface area (Å²) in [6, 6.07) is 0. The summed E-state index contributed by atoms with van der Waals surface area (Å²) in [7, 11) is 1.53. The minimum absolute atomic E-state index is 0.0352. The molecule has 0 N–H and O–H groups in total. The number of methoxy groups -OCH3 is 1. The Bertz CT molecular complexity index is 321. The fraction of sp³-hybridized carbons (Fsp3) is 0.846. The molecule has 6 heteroatoms. The molecule has 2 rings (SSSR count). The lowest BCUT2D eigenvalue weighted by Gasteiger charge is -2.34. The largest absolute Gasteiger partial charge is 0.375 e. The van der Waals surface area contributed by atoms with Crippen LogP contribution in [-0.2, 0) is 14.3 Å². The van der Waals surface area contributed by atoms with Gasteiger partial charge in [-0.15, -0.1) is 0 Å². The first-order chi connectivity index (χ1) is 9.20. The molecule has 0 unspecified atom stereocenters. The van der Waals surface area contributed by atoms with E-state index in [4.69, 9.17) is 4.74 Å². The van der Waals surface area contributed by atoms with Crippen LogP contribution < -0.4 is 0 Å². The first-order valence-corrected chi connectivity index (χ1v) is 6.97. The van der Waals surface area contributed by atoms with Gasteiger partial charge < -0.3 is 14.5 Å². The van der Waals surface area contributed by atoms with Crippen LogP contribution in [0.15, 0.2) is 0 Å². The summed E-state index contributed by atoms with van der Waals surface area (Å²) >= 11 is 0. The Kier molecular flexibility index (Phi) is 5.15. The van der Waals surface area contributed by atoms with Gasteiger partial charge in [-0.1, -0.05) is 0 Å². The predicted molar refractivity (Wildman–Crippen MR) is 70.7 cm³/mol. The molecule has 0 radical (unpaired) electrons. The zero-order valence-electron chi connectivity index (χ0n) is 11.6. The normalized spacial score (nSPS) is 20.9. The van der Waals surface area contributed by atoms with Crippen LogP contribution in [0, 0.1) is 0 Å². The molecule has 19 heavy (non-hydrogen) atoms. The Morgan fingerprint density at radius 3 is 2.05 bits per heavy atom. The van der Waals surface area contributed by atoms with Crippen molar-refractivity contribution in [3.05, 3.63) is 0 Å². The second-order valence-corrected chi connectivity index (χ2v) is 5.18. The topological polar surface area (TPSA) is 53.1 Å². The maximum absolute atomic E-state index is 12.0. The number of carbonyl (C=O) groups excluding carboxylic acids is 2. The van der Waals surface area contributed by atoms with Crippen LogP contribution in [0.1, 0.15) is 12.8 Å². The Labute approximate surface area is 114 Å². The van der Waals surface area contributed by atoms with Crippen molar-refractivity contribution >= 4 is 11.8 Å². The highest BCUT2D eigenvalue weighted by Crippen LogP contribution is 2.09. The molecular formula is C13H23N3O3. The lowest BCUT2D eigenvalue weighted by atomic mass is 10.3. The molecule has 0 aliphatic carbocycles. The van der Waals surface area contributed by atoms with Gasteiger partial charge in [-0.3, -0.25) is 14.5 Å². The van der Waals surface area contributed by atoms with Crippen molar-refractivity contribution in [3.8, 4) is 0 Å². The van der Waals surface area contributed by atoms with Crippen molar-refractivity contribution in [2.75, 3.05) is 59.5 Å². The highest BCUT2D eigenvalue weighted by Gasteiger charge is 2.24. The summed E-state index contributed by atoms with van der Waals surface area (Å²) < 4.78 is 4.85. The summed E-state index contributed by atoms with van der Waals surface area (Å²) in [6.45, 7) is 5.38. The average molecular weight is 269 g/mol. The fourth-order valence-corrected chi connectivity index (χ4v) is 2.63. The molecule has 0 saturated carbocycles. The lowest BCUT2D eigenvalue weighted by molar-refractivity contribution is -0.137. The van der Waals surface area contributed by atoms with E-state index in [0.717, 1.165) is 39.0 Å². The number of piperazine rings is 1. The zero-order chi connectivity index (χ0) is 13.7. The standard InChI is InChI=1S/C13H23N3O3/c1-19-11-13(18)16-8-6-14(7-9-16)10-12(17)15-4-2-3-5-15/h2-11H2,1H3. The number of hydrogen-bond donors (Lipinski definition) is 0. The van der Waals surface area contributed by atoms with Gasteiger partial charge in [-0.25, -0.2) is 0 Å². The smallest absolute Gasteiger partial charge is 0.248 e. The molecule has 2 fully saturated rings. The van der Waals surface area contributed by atoms with Gasteiger partial charge in [0.15, 0.2) is 0 Å². The van der Waals surface area contributed by atoms with Crippen molar-refractivity contribution in [2.45, 2.75) is 12.8 Å². The van der Waals surface area contributed by atoms with Gasteiger partial charge in [-0.05, 0) is 12.8 Å². The fourth-order valence-electron chi connectivity index (χ4n) is 2.63. The van der Waals surface area contributed by atoms with E-state index in [-0.39, 0.29) is 18.4 Å². The van der Waals surface area contributed by atoms with Crippen LogP contribution in [-0.4, -0.2) is 86.0 Å². The van der Waals surface area contributed by atoms with E-state index in [1.165, 1.54) is 7.11 Å². The number of nitrogens with zero attached hydrogens (tertiary/aromatic N) is 3. The van der Waals surface area contributed by atoms with Gasteiger partial charge in [0.2, 0.25) is 11.8 Å². The van der Waals surface area contributed by atoms with Gasteiger partial charge in [-0.2, -0.15) is 0 Å². The van der Waals surface area contributed by atoms with Crippen LogP contribution >= 0.6 is 0 Å². The van der Waals surface area contributed by atoms with Crippen LogP contribution in [0.4, 0.5) is 0 Å². The SMILES string of the molecule is COCC(=O)N1CCN(CC(=O)N2CCCC2)CC1. The molecule has 2 aliphatic heterocycles. The molecule has 6 nitrogen and oxygen atoms in total. The number of amides is 2. The van der Waals surface area contributed by atoms with Gasteiger partial charge >= 0.3 is 0 Å². The Morgan fingerprint density at radius 2 is 1.47 bits per heavy atom. The van der Waals surface area contributed by atoms with Crippen molar-refractivity contribution in [3.63, 3.8) is 0 Å². The first-order valence-electron chi connectivity index (χ1n) is 6.97. The van der Waals surface area contributed by atoms with E-state index < -0.39 is 0 Å². The molecule has 0 bridgehead atoms. The molecule has 2 heterocycles. The Hall–Kier alpha value is -1.14. The number of rotatable bonds is 4. The van der Waals surface area contributed by atoms with Gasteiger partial charge in [0, 0.05) is 46.4 Å². The van der Waals surface area contributed by atoms with Crippen LogP contribution in [0.25, 0.3) is 0 Å². The van der Waals surface area contributed by atoms with E-state index in [2.05, 4.69) is 4.90 Å². The maximum atomic E-state index is 12.0. The van der Waals surface area contributed by atoms with Crippen molar-refractivity contribution in [1.82, 2.24) is 14.7 Å². The second-order valence-electron chi connectivity index (χ2n) is 5.18. The predicted octanol–water partition coefficient (Wildman–Crippen LogP) is -0.601. The number of likely N-dealkylation sites (tertiary alicyclic amines) is 1. The van der Waals surface area contributed by atoms with E-state index in [0.29, 0.717) is 19.6 Å². The number of carbonyl (C=O) groups is 2. The summed E-state index contributed by atoms with van der Waals surface area (Å²) in [4.78, 5) is 29.5. The quantitative estimate of drug-likeness (QED) is 0.684. The molecule has 2 amide bonds. The number of hydrogen-bond acceptors (Lipinski definition) is 4. The highest BCUT2D eigenvalue weighted by molar-refractivity contribution is 5.79. The minimum atomic E-state index is 0.0352. The molecule has 0 aromatic rings. The third-order valence-electron chi connectivity index (χ3n) is 3.81. The molecule has 0 atom stereocenters. The molecule has 0 spiro atoms. The van der Waals surface area contributed by atoms with Crippen LogP contribution in [0.2, 0.25) is 0 Å². The second kappa shape index (κ2) is 6.86. The summed E-state index contributed by atoms with van der Waals surface area (Å²) in [6.07, 6.45) is 2.26. The van der Waals surface area contributed by atoms with Crippen LogP contribution in [0.5, 0.6) is 0 Å². The average Bonchev–Trinajstić information content (AvgIpc) is 2.94. The van der Waals surface area contributed by atoms with Gasteiger partial charge in [0.05, 0.1) is 6.54 Å². The summed E-state index contributed by atoms with van der Waals surface area (Å²) in [5, 5.41) is 0. The summed E-state index contributed by atoms with van der Waals surface area (Å²) in [5.41, 5.74) is 0. The monoisotopic (exact) mass is 269 g/mol. The van der Waals surface area contributed by atoms with E-state index in [1.54, 1.807) is 4.90 Å². The summed E-state index contributed by atoms with van der Waals surface area (Å²) in [5.74, 6) is 0.266. The first kappa shape index (κ1) is 14.3. The molecule has 108 valence electrons. The Morgan fingerprint density at radius 1 is 0.895 bits per heavy atom. The van der Waals surface area contributed by atoms with E-state index in [1.807, 2.05) is 4.90 Å². The highest BCUT2D eigenvalue weighted by atomic mass is 16.5. The van der Waals surface area contributed by atoms with Crippen LogP contribution in [0.3, 0.4) is 0 Å². The number of ether oxygens (including phenoxy) is 1. The van der Waals surface area contributed by atoms with Crippen molar-refractivity contribution in [1.29, 1.82) is 0 Å². The molecule has 0 aromatic carbocycles. The third kappa shape index (κ3) is 3.91.